The van der Waals surface area contributed by atoms with Crippen LogP contribution in [0.3, 0.4) is 0 Å². The van der Waals surface area contributed by atoms with E-state index >= 15 is 0 Å². The summed E-state index contributed by atoms with van der Waals surface area (Å²) >= 11 is 4.71. The minimum Gasteiger partial charge on any atom is -0.375 e. The summed E-state index contributed by atoms with van der Waals surface area (Å²) in [5.74, 6) is 2.51. The Kier molecular flexibility index (Phi) is 2.72. The van der Waals surface area contributed by atoms with Crippen molar-refractivity contribution in [2.24, 2.45) is 28.6 Å². The highest BCUT2D eigenvalue weighted by atomic mass is 32.1. The molecule has 2 saturated carbocycles. The Bertz CT molecular complexity index is 275. The normalized spacial score (nSPS) is 36.1. The molecule has 2 aliphatic carbocycles. The van der Waals surface area contributed by atoms with Gasteiger partial charge < -0.3 is 5.73 Å². The van der Waals surface area contributed by atoms with Gasteiger partial charge in [0.15, 0.2) is 5.11 Å². The Morgan fingerprint density at radius 3 is 2.71 bits per heavy atom. The summed E-state index contributed by atoms with van der Waals surface area (Å²) in [5, 5.41) is 4.48. The molecular weight excluding hydrogens is 194 g/mol. The number of hydrazone groups is 1. The maximum absolute atomic E-state index is 5.33. The molecule has 0 heterocycles. The lowest BCUT2D eigenvalue weighted by Crippen LogP contribution is -2.28. The molecule has 3 atom stereocenters. The van der Waals surface area contributed by atoms with E-state index in [-0.39, 0.29) is 5.11 Å². The maximum atomic E-state index is 5.33. The van der Waals surface area contributed by atoms with E-state index in [4.69, 9.17) is 18.0 Å². The van der Waals surface area contributed by atoms with Crippen molar-refractivity contribution in [1.82, 2.24) is 5.43 Å². The molecule has 2 aliphatic rings. The van der Waals surface area contributed by atoms with Gasteiger partial charge in [0.05, 0.1) is 0 Å². The zero-order valence-corrected chi connectivity index (χ0v) is 9.31. The zero-order valence-electron chi connectivity index (χ0n) is 8.49. The highest BCUT2D eigenvalue weighted by Gasteiger charge is 2.40. The van der Waals surface area contributed by atoms with Gasteiger partial charge in [-0.05, 0) is 50.2 Å². The summed E-state index contributed by atoms with van der Waals surface area (Å²) in [7, 11) is 0. The Morgan fingerprint density at radius 1 is 1.43 bits per heavy atom. The minimum atomic E-state index is 0.257. The minimum absolute atomic E-state index is 0.257. The van der Waals surface area contributed by atoms with E-state index in [2.05, 4.69) is 17.5 Å². The van der Waals surface area contributed by atoms with Crippen LogP contribution in [-0.4, -0.2) is 10.8 Å². The number of thiocarbonyl (C=S) groups is 1. The summed E-state index contributed by atoms with van der Waals surface area (Å²) in [6, 6.07) is 0. The standard InChI is InChI=1S/C10H17N3S/c1-6(12-13-10(11)14)9-5-7-2-3-8(9)4-7/h7-9H,2-5H2,1H3,(H3,11,13,14)/b12-6-/t7-,8-,9-/m1/s1. The zero-order chi connectivity index (χ0) is 10.1. The first kappa shape index (κ1) is 9.90. The lowest BCUT2D eigenvalue weighted by Gasteiger charge is -2.21. The lowest BCUT2D eigenvalue weighted by atomic mass is 9.86. The van der Waals surface area contributed by atoms with Crippen LogP contribution in [0.25, 0.3) is 0 Å². The third kappa shape index (κ3) is 1.90. The molecule has 0 aromatic rings. The van der Waals surface area contributed by atoms with Gasteiger partial charge in [-0.25, -0.2) is 0 Å². The van der Waals surface area contributed by atoms with Crippen molar-refractivity contribution in [1.29, 1.82) is 0 Å². The summed E-state index contributed by atoms with van der Waals surface area (Å²) in [4.78, 5) is 0. The summed E-state index contributed by atoms with van der Waals surface area (Å²) in [6.45, 7) is 2.08. The first-order chi connectivity index (χ1) is 6.66. The van der Waals surface area contributed by atoms with E-state index < -0.39 is 0 Å². The van der Waals surface area contributed by atoms with E-state index in [1.165, 1.54) is 31.4 Å². The predicted octanol–water partition coefficient (Wildman–Crippen LogP) is 1.63. The van der Waals surface area contributed by atoms with Gasteiger partial charge >= 0.3 is 0 Å². The Morgan fingerprint density at radius 2 is 2.21 bits per heavy atom. The molecule has 2 fully saturated rings. The van der Waals surface area contributed by atoms with Gasteiger partial charge in [0, 0.05) is 11.6 Å². The predicted molar refractivity (Wildman–Crippen MR) is 62.0 cm³/mol. The van der Waals surface area contributed by atoms with Crippen LogP contribution >= 0.6 is 12.2 Å². The van der Waals surface area contributed by atoms with Gasteiger partial charge in [-0.15, -0.1) is 0 Å². The molecule has 0 radical (unpaired) electrons. The third-order valence-electron chi connectivity index (χ3n) is 3.62. The van der Waals surface area contributed by atoms with Crippen molar-refractivity contribution in [3.05, 3.63) is 0 Å². The number of hydrogen-bond donors (Lipinski definition) is 2. The van der Waals surface area contributed by atoms with Gasteiger partial charge in [0.2, 0.25) is 0 Å². The van der Waals surface area contributed by atoms with Gasteiger partial charge in [-0.3, -0.25) is 5.43 Å². The molecule has 3 nitrogen and oxygen atoms in total. The van der Waals surface area contributed by atoms with Crippen LogP contribution in [0.2, 0.25) is 0 Å². The van der Waals surface area contributed by atoms with E-state index in [1.807, 2.05) is 0 Å². The SMILES string of the molecule is C/C(=N/NC(N)=S)[C@H]1C[C@@H]2CC[C@@H]1C2. The second-order valence-corrected chi connectivity index (χ2v) is 4.95. The molecule has 0 amide bonds. The van der Waals surface area contributed by atoms with Crippen molar-refractivity contribution in [2.75, 3.05) is 0 Å². The molecule has 0 aliphatic heterocycles. The smallest absolute Gasteiger partial charge is 0.184 e. The number of nitrogens with zero attached hydrogens (tertiary/aromatic N) is 1. The molecular formula is C10H17N3S. The fourth-order valence-corrected chi connectivity index (χ4v) is 3.03. The number of fused-ring (bicyclic) bond motifs is 2. The largest absolute Gasteiger partial charge is 0.375 e. The number of nitrogens with one attached hydrogen (secondary N) is 1. The molecule has 4 heteroatoms. The van der Waals surface area contributed by atoms with E-state index in [0.29, 0.717) is 5.92 Å². The van der Waals surface area contributed by atoms with Crippen molar-refractivity contribution in [3.63, 3.8) is 0 Å². The molecule has 0 saturated heterocycles. The maximum Gasteiger partial charge on any atom is 0.184 e. The van der Waals surface area contributed by atoms with Crippen LogP contribution in [0.4, 0.5) is 0 Å². The van der Waals surface area contributed by atoms with Crippen molar-refractivity contribution < 1.29 is 0 Å². The summed E-state index contributed by atoms with van der Waals surface area (Å²) < 4.78 is 0. The van der Waals surface area contributed by atoms with Gasteiger partial charge in [-0.1, -0.05) is 6.42 Å². The quantitative estimate of drug-likeness (QED) is 0.415. The van der Waals surface area contributed by atoms with Crippen molar-refractivity contribution >= 4 is 23.0 Å². The average Bonchev–Trinajstić information content (AvgIpc) is 2.74. The van der Waals surface area contributed by atoms with Gasteiger partial charge in [0.1, 0.15) is 0 Å². The topological polar surface area (TPSA) is 50.4 Å². The first-order valence-electron chi connectivity index (χ1n) is 5.26. The fraction of sp³-hybridized carbons (Fsp3) is 0.800. The monoisotopic (exact) mass is 211 g/mol. The van der Waals surface area contributed by atoms with Crippen LogP contribution in [0.15, 0.2) is 5.10 Å². The third-order valence-corrected chi connectivity index (χ3v) is 3.71. The molecule has 78 valence electrons. The lowest BCUT2D eigenvalue weighted by molar-refractivity contribution is 0.413. The Hall–Kier alpha value is -0.640. The van der Waals surface area contributed by atoms with E-state index in [1.54, 1.807) is 0 Å². The second-order valence-electron chi connectivity index (χ2n) is 4.51. The Balaban J connectivity index is 1.95. The summed E-state index contributed by atoms with van der Waals surface area (Å²) in [6.07, 6.45) is 5.54. The van der Waals surface area contributed by atoms with Crippen LogP contribution in [0.1, 0.15) is 32.6 Å². The van der Waals surface area contributed by atoms with Crippen LogP contribution < -0.4 is 11.2 Å². The highest BCUT2D eigenvalue weighted by Crippen LogP contribution is 2.48. The van der Waals surface area contributed by atoms with Crippen molar-refractivity contribution in [3.8, 4) is 0 Å². The van der Waals surface area contributed by atoms with Crippen LogP contribution in [0.5, 0.6) is 0 Å². The molecule has 0 unspecified atom stereocenters. The Labute approximate surface area is 90.1 Å². The molecule has 2 bridgehead atoms. The molecule has 2 rings (SSSR count). The van der Waals surface area contributed by atoms with E-state index in [0.717, 1.165) is 11.8 Å². The van der Waals surface area contributed by atoms with E-state index in [9.17, 15) is 0 Å². The molecule has 0 aromatic heterocycles. The van der Waals surface area contributed by atoms with Gasteiger partial charge in [-0.2, -0.15) is 5.10 Å². The molecule has 0 spiro atoms. The molecule has 3 N–H and O–H groups in total. The van der Waals surface area contributed by atoms with Crippen LogP contribution in [0, 0.1) is 17.8 Å². The van der Waals surface area contributed by atoms with Crippen LogP contribution in [-0.2, 0) is 0 Å². The number of hydrogen-bond acceptors (Lipinski definition) is 2. The van der Waals surface area contributed by atoms with Crippen molar-refractivity contribution in [2.45, 2.75) is 32.6 Å². The molecule has 0 aromatic carbocycles. The molecule has 14 heavy (non-hydrogen) atoms. The van der Waals surface area contributed by atoms with Gasteiger partial charge in [0.25, 0.3) is 0 Å². The summed E-state index contributed by atoms with van der Waals surface area (Å²) in [5.41, 5.74) is 9.18. The fourth-order valence-electron chi connectivity index (χ4n) is 2.98. The first-order valence-corrected chi connectivity index (χ1v) is 5.67. The highest BCUT2D eigenvalue weighted by molar-refractivity contribution is 7.80. The number of nitrogens with two attached hydrogens (primary N) is 1. The number of rotatable bonds is 2. The average molecular weight is 211 g/mol. The second kappa shape index (κ2) is 3.85.